The van der Waals surface area contributed by atoms with Gasteiger partial charge in [0.15, 0.2) is 5.96 Å². The lowest BCUT2D eigenvalue weighted by Crippen LogP contribution is -2.36. The molecule has 134 valence electrons. The van der Waals surface area contributed by atoms with Crippen molar-refractivity contribution in [1.29, 1.82) is 0 Å². The molecule has 0 bridgehead atoms. The highest BCUT2D eigenvalue weighted by molar-refractivity contribution is 7.11. The monoisotopic (exact) mass is 365 g/mol. The third kappa shape index (κ3) is 4.89. The Labute approximate surface area is 158 Å². The summed E-state index contributed by atoms with van der Waals surface area (Å²) in [5, 5.41) is 7.74. The van der Waals surface area contributed by atoms with Gasteiger partial charge in [-0.3, -0.25) is 9.98 Å². The molecule has 0 atom stereocenters. The Morgan fingerprint density at radius 1 is 1.08 bits per heavy atom. The molecule has 0 aliphatic heterocycles. The first kappa shape index (κ1) is 18.1. The highest BCUT2D eigenvalue weighted by Crippen LogP contribution is 2.17. The van der Waals surface area contributed by atoms with Crippen molar-refractivity contribution < 1.29 is 0 Å². The molecular formula is C20H23N5S. The van der Waals surface area contributed by atoms with Crippen LogP contribution in [-0.2, 0) is 19.5 Å². The molecule has 5 nitrogen and oxygen atoms in total. The van der Waals surface area contributed by atoms with Crippen LogP contribution in [0.25, 0.3) is 11.3 Å². The summed E-state index contributed by atoms with van der Waals surface area (Å²) in [7, 11) is 1.78. The van der Waals surface area contributed by atoms with Crippen molar-refractivity contribution in [2.24, 2.45) is 4.99 Å². The molecule has 0 spiro atoms. The Morgan fingerprint density at radius 3 is 2.69 bits per heavy atom. The van der Waals surface area contributed by atoms with E-state index in [-0.39, 0.29) is 0 Å². The summed E-state index contributed by atoms with van der Waals surface area (Å²) in [6.07, 6.45) is 4.78. The molecule has 6 heteroatoms. The van der Waals surface area contributed by atoms with Crippen LogP contribution in [0.2, 0.25) is 0 Å². The van der Waals surface area contributed by atoms with Crippen LogP contribution in [0.15, 0.2) is 59.9 Å². The lowest BCUT2D eigenvalue weighted by Gasteiger charge is -2.11. The number of hydrogen-bond donors (Lipinski definition) is 2. The average Bonchev–Trinajstić information content (AvgIpc) is 3.17. The van der Waals surface area contributed by atoms with E-state index in [1.165, 1.54) is 10.4 Å². The quantitative estimate of drug-likeness (QED) is 0.517. The Hall–Kier alpha value is -2.73. The van der Waals surface area contributed by atoms with E-state index >= 15 is 0 Å². The number of aryl methyl sites for hydroxylation is 1. The van der Waals surface area contributed by atoms with Gasteiger partial charge in [-0.25, -0.2) is 4.98 Å². The summed E-state index contributed by atoms with van der Waals surface area (Å²) >= 11 is 1.74. The molecule has 0 fully saturated rings. The molecule has 0 saturated heterocycles. The first-order valence-electron chi connectivity index (χ1n) is 8.67. The van der Waals surface area contributed by atoms with Gasteiger partial charge in [0.1, 0.15) is 5.01 Å². The zero-order valence-corrected chi connectivity index (χ0v) is 15.9. The van der Waals surface area contributed by atoms with Gasteiger partial charge < -0.3 is 10.6 Å². The van der Waals surface area contributed by atoms with E-state index in [2.05, 4.69) is 56.8 Å². The van der Waals surface area contributed by atoms with E-state index < -0.39 is 0 Å². The zero-order chi connectivity index (χ0) is 18.2. The zero-order valence-electron chi connectivity index (χ0n) is 15.1. The maximum atomic E-state index is 4.42. The molecule has 2 heterocycles. The van der Waals surface area contributed by atoms with E-state index in [0.29, 0.717) is 13.1 Å². The van der Waals surface area contributed by atoms with E-state index in [9.17, 15) is 0 Å². The molecule has 2 N–H and O–H groups in total. The number of pyridine rings is 1. The van der Waals surface area contributed by atoms with Crippen molar-refractivity contribution in [3.05, 3.63) is 70.3 Å². The topological polar surface area (TPSA) is 62.2 Å². The van der Waals surface area contributed by atoms with E-state index in [1.807, 2.05) is 30.6 Å². The van der Waals surface area contributed by atoms with Crippen LogP contribution in [0.3, 0.4) is 0 Å². The second kappa shape index (κ2) is 9.10. The maximum absolute atomic E-state index is 4.42. The number of hydrogen-bond acceptors (Lipinski definition) is 4. The van der Waals surface area contributed by atoms with Crippen molar-refractivity contribution >= 4 is 17.3 Å². The van der Waals surface area contributed by atoms with Gasteiger partial charge in [-0.05, 0) is 30.2 Å². The average molecular weight is 366 g/mol. The molecule has 0 aliphatic carbocycles. The number of guanidine groups is 1. The molecule has 0 unspecified atom stereocenters. The molecule has 0 aliphatic rings. The standard InChI is InChI=1S/C20H23N5S/c1-3-17-13-23-19(26-17)14-25-20(21-2)24-12-15-7-6-8-16(11-15)18-9-4-5-10-22-18/h4-11,13H,3,12,14H2,1-2H3,(H2,21,24,25). The van der Waals surface area contributed by atoms with Crippen LogP contribution >= 0.6 is 11.3 Å². The summed E-state index contributed by atoms with van der Waals surface area (Å²) in [4.78, 5) is 14.4. The second-order valence-electron chi connectivity index (χ2n) is 5.77. The van der Waals surface area contributed by atoms with Crippen LogP contribution in [0.1, 0.15) is 22.4 Å². The number of aliphatic imine (C=N–C) groups is 1. The Kier molecular flexibility index (Phi) is 6.33. The molecule has 0 saturated carbocycles. The van der Waals surface area contributed by atoms with Gasteiger partial charge in [0, 0.05) is 36.4 Å². The fourth-order valence-corrected chi connectivity index (χ4v) is 3.34. The predicted octanol–water partition coefficient (Wildman–Crippen LogP) is 3.63. The van der Waals surface area contributed by atoms with Crippen molar-refractivity contribution in [2.75, 3.05) is 7.05 Å². The minimum Gasteiger partial charge on any atom is -0.352 e. The maximum Gasteiger partial charge on any atom is 0.191 e. The third-order valence-corrected chi connectivity index (χ3v) is 5.07. The van der Waals surface area contributed by atoms with Crippen molar-refractivity contribution in [2.45, 2.75) is 26.4 Å². The molecule has 2 aromatic heterocycles. The van der Waals surface area contributed by atoms with Crippen molar-refractivity contribution in [3.8, 4) is 11.3 Å². The van der Waals surface area contributed by atoms with Gasteiger partial charge in [0.05, 0.1) is 12.2 Å². The van der Waals surface area contributed by atoms with Gasteiger partial charge in [-0.2, -0.15) is 0 Å². The summed E-state index contributed by atoms with van der Waals surface area (Å²) < 4.78 is 0. The first-order valence-corrected chi connectivity index (χ1v) is 9.48. The number of nitrogens with zero attached hydrogens (tertiary/aromatic N) is 3. The SMILES string of the molecule is CCc1cnc(CNC(=NC)NCc2cccc(-c3ccccn3)c2)s1. The van der Waals surface area contributed by atoms with Gasteiger partial charge in [0.25, 0.3) is 0 Å². The normalized spacial score (nSPS) is 11.4. The van der Waals surface area contributed by atoms with Gasteiger partial charge in [-0.1, -0.05) is 31.2 Å². The van der Waals surface area contributed by atoms with Crippen LogP contribution in [0.4, 0.5) is 0 Å². The molecular weight excluding hydrogens is 342 g/mol. The summed E-state index contributed by atoms with van der Waals surface area (Å²) in [6, 6.07) is 14.3. The predicted molar refractivity (Wildman–Crippen MR) is 108 cm³/mol. The number of benzene rings is 1. The number of thiazole rings is 1. The van der Waals surface area contributed by atoms with E-state index in [1.54, 1.807) is 18.4 Å². The lowest BCUT2D eigenvalue weighted by molar-refractivity contribution is 0.805. The second-order valence-corrected chi connectivity index (χ2v) is 6.97. The third-order valence-electron chi connectivity index (χ3n) is 3.93. The smallest absolute Gasteiger partial charge is 0.191 e. The highest BCUT2D eigenvalue weighted by Gasteiger charge is 2.04. The Balaban J connectivity index is 1.57. The number of nitrogens with one attached hydrogen (secondary N) is 2. The van der Waals surface area contributed by atoms with Crippen LogP contribution in [0, 0.1) is 0 Å². The minimum atomic E-state index is 0.679. The van der Waals surface area contributed by atoms with Gasteiger partial charge >= 0.3 is 0 Å². The largest absolute Gasteiger partial charge is 0.352 e. The summed E-state index contributed by atoms with van der Waals surface area (Å²) in [5.74, 6) is 0.765. The summed E-state index contributed by atoms with van der Waals surface area (Å²) in [5.41, 5.74) is 3.27. The number of rotatable bonds is 6. The fourth-order valence-electron chi connectivity index (χ4n) is 2.53. The molecule has 0 amide bonds. The van der Waals surface area contributed by atoms with Gasteiger partial charge in [0.2, 0.25) is 0 Å². The van der Waals surface area contributed by atoms with Crippen LogP contribution < -0.4 is 10.6 Å². The Morgan fingerprint density at radius 2 is 1.96 bits per heavy atom. The Bertz CT molecular complexity index is 857. The lowest BCUT2D eigenvalue weighted by atomic mass is 10.1. The van der Waals surface area contributed by atoms with E-state index in [0.717, 1.165) is 28.6 Å². The molecule has 26 heavy (non-hydrogen) atoms. The number of aromatic nitrogens is 2. The molecule has 0 radical (unpaired) electrons. The molecule has 1 aromatic carbocycles. The minimum absolute atomic E-state index is 0.679. The van der Waals surface area contributed by atoms with Crippen LogP contribution in [0.5, 0.6) is 0 Å². The molecule has 3 rings (SSSR count). The van der Waals surface area contributed by atoms with E-state index in [4.69, 9.17) is 0 Å². The van der Waals surface area contributed by atoms with Crippen LogP contribution in [-0.4, -0.2) is 23.0 Å². The molecule has 3 aromatic rings. The van der Waals surface area contributed by atoms with Crippen molar-refractivity contribution in [3.63, 3.8) is 0 Å². The summed E-state index contributed by atoms with van der Waals surface area (Å²) in [6.45, 7) is 3.51. The first-order chi connectivity index (χ1) is 12.8. The van der Waals surface area contributed by atoms with Crippen molar-refractivity contribution in [1.82, 2.24) is 20.6 Å². The fraction of sp³-hybridized carbons (Fsp3) is 0.250. The van der Waals surface area contributed by atoms with Gasteiger partial charge in [-0.15, -0.1) is 11.3 Å². The highest BCUT2D eigenvalue weighted by atomic mass is 32.1.